The third kappa shape index (κ3) is 2.46. The van der Waals surface area contributed by atoms with Gasteiger partial charge in [-0.2, -0.15) is 0 Å². The molecule has 0 bridgehead atoms. The van der Waals surface area contributed by atoms with Crippen LogP contribution in [0.3, 0.4) is 0 Å². The number of hydrogen-bond acceptors (Lipinski definition) is 3. The van der Waals surface area contributed by atoms with Crippen LogP contribution >= 0.6 is 0 Å². The van der Waals surface area contributed by atoms with Gasteiger partial charge in [0.25, 0.3) is 0 Å². The summed E-state index contributed by atoms with van der Waals surface area (Å²) in [6, 6.07) is 4.04. The van der Waals surface area contributed by atoms with E-state index in [1.165, 1.54) is 5.56 Å². The summed E-state index contributed by atoms with van der Waals surface area (Å²) in [7, 11) is 0. The first-order valence-electron chi connectivity index (χ1n) is 6.82. The van der Waals surface area contributed by atoms with Crippen LogP contribution < -0.4 is 5.73 Å². The van der Waals surface area contributed by atoms with E-state index in [1.54, 1.807) is 6.20 Å². The van der Waals surface area contributed by atoms with E-state index in [0.717, 1.165) is 25.0 Å². The molecule has 0 saturated carbocycles. The lowest BCUT2D eigenvalue weighted by Gasteiger charge is -2.28. The van der Waals surface area contributed by atoms with E-state index in [9.17, 15) is 4.79 Å². The topological polar surface area (TPSA) is 56.0 Å². The maximum absolute atomic E-state index is 12.6. The van der Waals surface area contributed by atoms with Gasteiger partial charge in [0.1, 0.15) is 5.78 Å². The lowest BCUT2D eigenvalue weighted by Crippen LogP contribution is -2.34. The van der Waals surface area contributed by atoms with E-state index >= 15 is 0 Å². The largest absolute Gasteiger partial charge is 0.330 e. The molecule has 0 saturated heterocycles. The van der Waals surface area contributed by atoms with Gasteiger partial charge >= 0.3 is 0 Å². The molecule has 0 spiro atoms. The second-order valence-electron chi connectivity index (χ2n) is 5.48. The zero-order chi connectivity index (χ0) is 13.1. The average Bonchev–Trinajstić information content (AvgIpc) is 2.38. The number of aryl methyl sites for hydroxylation is 1. The monoisotopic (exact) mass is 246 g/mol. The van der Waals surface area contributed by atoms with Crippen LogP contribution in [0.1, 0.15) is 43.9 Å². The van der Waals surface area contributed by atoms with Crippen molar-refractivity contribution in [3.8, 4) is 0 Å². The van der Waals surface area contributed by atoms with Gasteiger partial charge in [-0.15, -0.1) is 0 Å². The van der Waals surface area contributed by atoms with E-state index < -0.39 is 0 Å². The molecule has 0 aromatic carbocycles. The number of aromatic nitrogens is 1. The molecule has 3 nitrogen and oxygen atoms in total. The molecule has 2 unspecified atom stereocenters. The summed E-state index contributed by atoms with van der Waals surface area (Å²) >= 11 is 0. The Morgan fingerprint density at radius 1 is 1.56 bits per heavy atom. The predicted molar refractivity (Wildman–Crippen MR) is 72.3 cm³/mol. The number of Topliss-reactive ketones (excluding diaryl/α,β-unsaturated/α-hetero) is 1. The summed E-state index contributed by atoms with van der Waals surface area (Å²) in [5.74, 6) is 0.512. The SMILES string of the molecule is CC(C)C(CN)C(=O)C1CCCc2cccnc21. The normalized spacial score (nSPS) is 20.6. The minimum atomic E-state index is -0.0389. The Morgan fingerprint density at radius 2 is 2.33 bits per heavy atom. The number of pyridine rings is 1. The molecule has 2 atom stereocenters. The molecule has 0 aliphatic heterocycles. The Balaban J connectivity index is 2.27. The van der Waals surface area contributed by atoms with Crippen molar-refractivity contribution >= 4 is 5.78 Å². The molecule has 18 heavy (non-hydrogen) atoms. The van der Waals surface area contributed by atoms with Crippen LogP contribution in [0.25, 0.3) is 0 Å². The highest BCUT2D eigenvalue weighted by Gasteiger charge is 2.32. The number of nitrogens with two attached hydrogens (primary N) is 1. The quantitative estimate of drug-likeness (QED) is 0.887. The van der Waals surface area contributed by atoms with Gasteiger partial charge in [-0.1, -0.05) is 19.9 Å². The number of rotatable bonds is 4. The summed E-state index contributed by atoms with van der Waals surface area (Å²) < 4.78 is 0. The standard InChI is InChI=1S/C15H22N2O/c1-10(2)13(9-16)15(18)12-7-3-5-11-6-4-8-17-14(11)12/h4,6,8,10,12-13H,3,5,7,9,16H2,1-2H3. The molecule has 0 fully saturated rings. The molecule has 1 aliphatic rings. The second-order valence-corrected chi connectivity index (χ2v) is 5.48. The Morgan fingerprint density at radius 3 is 3.00 bits per heavy atom. The molecule has 0 amide bonds. The van der Waals surface area contributed by atoms with Crippen molar-refractivity contribution in [1.82, 2.24) is 4.98 Å². The summed E-state index contributed by atoms with van der Waals surface area (Å²) in [5, 5.41) is 0. The fourth-order valence-corrected chi connectivity index (χ4v) is 2.86. The molecule has 3 heteroatoms. The van der Waals surface area contributed by atoms with Gasteiger partial charge in [-0.05, 0) is 36.8 Å². The van der Waals surface area contributed by atoms with Crippen LogP contribution in [0.2, 0.25) is 0 Å². The van der Waals surface area contributed by atoms with Gasteiger partial charge in [-0.25, -0.2) is 0 Å². The Labute approximate surface area is 109 Å². The number of hydrogen-bond donors (Lipinski definition) is 1. The van der Waals surface area contributed by atoms with Crippen LogP contribution in [0.15, 0.2) is 18.3 Å². The number of ketones is 1. The molecule has 0 radical (unpaired) electrons. The van der Waals surface area contributed by atoms with Crippen LogP contribution in [0, 0.1) is 11.8 Å². The minimum Gasteiger partial charge on any atom is -0.330 e. The van der Waals surface area contributed by atoms with Gasteiger partial charge in [0.2, 0.25) is 0 Å². The molecule has 1 aromatic heterocycles. The Bertz CT molecular complexity index is 428. The maximum Gasteiger partial charge on any atom is 0.146 e. The van der Waals surface area contributed by atoms with Crippen molar-refractivity contribution in [2.45, 2.75) is 39.0 Å². The molecule has 1 heterocycles. The fraction of sp³-hybridized carbons (Fsp3) is 0.600. The van der Waals surface area contributed by atoms with E-state index in [2.05, 4.69) is 24.9 Å². The van der Waals surface area contributed by atoms with Crippen LogP contribution in [-0.4, -0.2) is 17.3 Å². The first-order chi connectivity index (χ1) is 8.65. The van der Waals surface area contributed by atoms with E-state index in [1.807, 2.05) is 6.07 Å². The van der Waals surface area contributed by atoms with Gasteiger partial charge < -0.3 is 5.73 Å². The Kier molecular flexibility index (Phi) is 4.12. The molecular weight excluding hydrogens is 224 g/mol. The molecule has 2 N–H and O–H groups in total. The summed E-state index contributed by atoms with van der Waals surface area (Å²) in [4.78, 5) is 17.0. The maximum atomic E-state index is 12.6. The highest BCUT2D eigenvalue weighted by Crippen LogP contribution is 2.33. The third-order valence-corrected chi connectivity index (χ3v) is 3.96. The van der Waals surface area contributed by atoms with Crippen molar-refractivity contribution in [2.24, 2.45) is 17.6 Å². The van der Waals surface area contributed by atoms with Gasteiger partial charge in [-0.3, -0.25) is 9.78 Å². The van der Waals surface area contributed by atoms with Gasteiger partial charge in [0.05, 0.1) is 11.6 Å². The molecule has 2 rings (SSSR count). The lowest BCUT2D eigenvalue weighted by atomic mass is 9.77. The third-order valence-electron chi connectivity index (χ3n) is 3.96. The minimum absolute atomic E-state index is 0.0362. The smallest absolute Gasteiger partial charge is 0.146 e. The summed E-state index contributed by atoms with van der Waals surface area (Å²) in [5.41, 5.74) is 7.99. The van der Waals surface area contributed by atoms with Crippen LogP contribution in [0.4, 0.5) is 0 Å². The predicted octanol–water partition coefficient (Wildman–Crippen LogP) is 2.30. The summed E-state index contributed by atoms with van der Waals surface area (Å²) in [6.45, 7) is 4.57. The first-order valence-corrected chi connectivity index (χ1v) is 6.82. The highest BCUT2D eigenvalue weighted by molar-refractivity contribution is 5.88. The fourth-order valence-electron chi connectivity index (χ4n) is 2.86. The van der Waals surface area contributed by atoms with Crippen molar-refractivity contribution in [3.63, 3.8) is 0 Å². The van der Waals surface area contributed by atoms with Gasteiger partial charge in [0, 0.05) is 18.7 Å². The number of fused-ring (bicyclic) bond motifs is 1. The van der Waals surface area contributed by atoms with Crippen molar-refractivity contribution in [1.29, 1.82) is 0 Å². The zero-order valence-corrected chi connectivity index (χ0v) is 11.2. The average molecular weight is 246 g/mol. The van der Waals surface area contributed by atoms with Crippen LogP contribution in [-0.2, 0) is 11.2 Å². The first kappa shape index (κ1) is 13.2. The molecular formula is C15H22N2O. The van der Waals surface area contributed by atoms with Crippen molar-refractivity contribution in [3.05, 3.63) is 29.6 Å². The van der Waals surface area contributed by atoms with Crippen molar-refractivity contribution < 1.29 is 4.79 Å². The molecule has 1 aliphatic carbocycles. The highest BCUT2D eigenvalue weighted by atomic mass is 16.1. The lowest BCUT2D eigenvalue weighted by molar-refractivity contribution is -0.125. The number of carbonyl (C=O) groups excluding carboxylic acids is 1. The number of carbonyl (C=O) groups is 1. The molecule has 1 aromatic rings. The number of nitrogens with zero attached hydrogens (tertiary/aromatic N) is 1. The summed E-state index contributed by atoms with van der Waals surface area (Å²) in [6.07, 6.45) is 4.83. The van der Waals surface area contributed by atoms with E-state index in [4.69, 9.17) is 5.73 Å². The van der Waals surface area contributed by atoms with Crippen LogP contribution in [0.5, 0.6) is 0 Å². The van der Waals surface area contributed by atoms with E-state index in [-0.39, 0.29) is 17.6 Å². The Hall–Kier alpha value is -1.22. The second kappa shape index (κ2) is 5.61. The van der Waals surface area contributed by atoms with Crippen molar-refractivity contribution in [2.75, 3.05) is 6.54 Å². The zero-order valence-electron chi connectivity index (χ0n) is 11.2. The van der Waals surface area contributed by atoms with Gasteiger partial charge in [0.15, 0.2) is 0 Å². The van der Waals surface area contributed by atoms with E-state index in [0.29, 0.717) is 12.5 Å². The molecule has 98 valence electrons.